The second kappa shape index (κ2) is 5.34. The number of nitrogens with one attached hydrogen (secondary N) is 1. The molecule has 1 nitrogen and oxygen atoms in total. The van der Waals surface area contributed by atoms with Crippen LogP contribution in [0.3, 0.4) is 0 Å². The van der Waals surface area contributed by atoms with E-state index in [1.807, 2.05) is 13.8 Å². The first kappa shape index (κ1) is 13.0. The van der Waals surface area contributed by atoms with Gasteiger partial charge in [0.05, 0.1) is 5.56 Å². The molecule has 1 rings (SSSR count). The third-order valence-electron chi connectivity index (χ3n) is 2.38. The van der Waals surface area contributed by atoms with Crippen LogP contribution < -0.4 is 5.32 Å². The fourth-order valence-corrected chi connectivity index (χ4v) is 1.60. The molecule has 0 aliphatic rings. The average Bonchev–Trinajstić information content (AvgIpc) is 2.17. The normalized spacial score (nSPS) is 13.8. The fraction of sp³-hybridized carbons (Fsp3) is 0.500. The number of hydrogen-bond acceptors (Lipinski definition) is 1. The molecule has 1 atom stereocenters. The van der Waals surface area contributed by atoms with Crippen LogP contribution in [0.25, 0.3) is 0 Å². The highest BCUT2D eigenvalue weighted by atomic mass is 19.4. The molecule has 0 amide bonds. The molecule has 4 heteroatoms. The number of benzene rings is 1. The molecule has 0 aromatic heterocycles. The number of rotatable bonds is 4. The maximum absolute atomic E-state index is 12.3. The third kappa shape index (κ3) is 3.85. The van der Waals surface area contributed by atoms with Gasteiger partial charge in [-0.1, -0.05) is 19.1 Å². The molecule has 0 saturated carbocycles. The number of halogens is 3. The molecule has 16 heavy (non-hydrogen) atoms. The molecule has 1 aromatic rings. The maximum Gasteiger partial charge on any atom is 0.416 e. The lowest BCUT2D eigenvalue weighted by molar-refractivity contribution is -0.137. The Morgan fingerprint density at radius 1 is 1.19 bits per heavy atom. The summed E-state index contributed by atoms with van der Waals surface area (Å²) in [7, 11) is 0. The summed E-state index contributed by atoms with van der Waals surface area (Å²) < 4.78 is 36.9. The highest BCUT2D eigenvalue weighted by molar-refractivity contribution is 5.25. The van der Waals surface area contributed by atoms with Crippen LogP contribution in [0.1, 0.15) is 25.0 Å². The van der Waals surface area contributed by atoms with E-state index in [9.17, 15) is 13.2 Å². The average molecular weight is 231 g/mol. The molecule has 0 aliphatic heterocycles. The van der Waals surface area contributed by atoms with Crippen molar-refractivity contribution in [1.82, 2.24) is 5.32 Å². The van der Waals surface area contributed by atoms with Crippen LogP contribution in [0.5, 0.6) is 0 Å². The number of likely N-dealkylation sites (N-methyl/N-ethyl adjacent to an activating group) is 1. The first-order valence-electron chi connectivity index (χ1n) is 5.33. The monoisotopic (exact) mass is 231 g/mol. The Bertz CT molecular complexity index is 316. The van der Waals surface area contributed by atoms with Crippen LogP contribution in [0.2, 0.25) is 0 Å². The van der Waals surface area contributed by atoms with Crippen molar-refractivity contribution >= 4 is 0 Å². The van der Waals surface area contributed by atoms with Gasteiger partial charge in [-0.25, -0.2) is 0 Å². The lowest BCUT2D eigenvalue weighted by Crippen LogP contribution is -2.27. The van der Waals surface area contributed by atoms with Gasteiger partial charge < -0.3 is 5.32 Å². The topological polar surface area (TPSA) is 12.0 Å². The summed E-state index contributed by atoms with van der Waals surface area (Å²) in [4.78, 5) is 0. The Balaban J connectivity index is 2.65. The van der Waals surface area contributed by atoms with E-state index in [0.29, 0.717) is 0 Å². The zero-order valence-electron chi connectivity index (χ0n) is 9.43. The zero-order chi connectivity index (χ0) is 12.2. The van der Waals surface area contributed by atoms with Gasteiger partial charge in [-0.15, -0.1) is 0 Å². The van der Waals surface area contributed by atoms with Crippen LogP contribution in [0.4, 0.5) is 13.2 Å². The van der Waals surface area contributed by atoms with E-state index >= 15 is 0 Å². The Hall–Kier alpha value is -1.03. The lowest BCUT2D eigenvalue weighted by atomic mass is 10.1. The maximum atomic E-state index is 12.3. The van der Waals surface area contributed by atoms with E-state index in [4.69, 9.17) is 0 Å². The van der Waals surface area contributed by atoms with Crippen molar-refractivity contribution < 1.29 is 13.2 Å². The highest BCUT2D eigenvalue weighted by Gasteiger charge is 2.29. The van der Waals surface area contributed by atoms with Crippen LogP contribution in [0.15, 0.2) is 24.3 Å². The molecular weight excluding hydrogens is 215 g/mol. The van der Waals surface area contributed by atoms with Gasteiger partial charge in [-0.3, -0.25) is 0 Å². The molecule has 1 N–H and O–H groups in total. The molecule has 0 fully saturated rings. The SMILES string of the molecule is CCNC(C)Cc1ccc(C(F)(F)F)cc1. The zero-order valence-corrected chi connectivity index (χ0v) is 9.43. The molecule has 90 valence electrons. The van der Waals surface area contributed by atoms with E-state index in [1.165, 1.54) is 12.1 Å². The van der Waals surface area contributed by atoms with E-state index in [-0.39, 0.29) is 6.04 Å². The second-order valence-corrected chi connectivity index (χ2v) is 3.86. The minimum absolute atomic E-state index is 0.279. The standard InChI is InChI=1S/C12H16F3N/c1-3-16-9(2)8-10-4-6-11(7-5-10)12(13,14)15/h4-7,9,16H,3,8H2,1-2H3. The van der Waals surface area contributed by atoms with Crippen molar-refractivity contribution in [3.8, 4) is 0 Å². The predicted octanol–water partition coefficient (Wildman–Crippen LogP) is 3.25. The summed E-state index contributed by atoms with van der Waals surface area (Å²) in [5.41, 5.74) is 0.328. The molecular formula is C12H16F3N. The Morgan fingerprint density at radius 2 is 1.75 bits per heavy atom. The largest absolute Gasteiger partial charge is 0.416 e. The van der Waals surface area contributed by atoms with Crippen LogP contribution in [-0.4, -0.2) is 12.6 Å². The summed E-state index contributed by atoms with van der Waals surface area (Å²) in [5, 5.41) is 3.22. The van der Waals surface area contributed by atoms with E-state index in [1.54, 1.807) is 0 Å². The van der Waals surface area contributed by atoms with Crippen LogP contribution in [-0.2, 0) is 12.6 Å². The smallest absolute Gasteiger partial charge is 0.314 e. The minimum atomic E-state index is -4.24. The summed E-state index contributed by atoms with van der Waals surface area (Å²) in [5.74, 6) is 0. The second-order valence-electron chi connectivity index (χ2n) is 3.86. The predicted molar refractivity (Wildman–Crippen MR) is 58.3 cm³/mol. The Kier molecular flexibility index (Phi) is 4.35. The molecule has 0 spiro atoms. The van der Waals surface area contributed by atoms with Crippen molar-refractivity contribution in [2.75, 3.05) is 6.54 Å². The summed E-state index contributed by atoms with van der Waals surface area (Å²) in [6.45, 7) is 4.88. The van der Waals surface area contributed by atoms with Gasteiger partial charge in [0.2, 0.25) is 0 Å². The van der Waals surface area contributed by atoms with Gasteiger partial charge in [0.15, 0.2) is 0 Å². The first-order chi connectivity index (χ1) is 7.43. The van der Waals surface area contributed by atoms with E-state index in [2.05, 4.69) is 5.32 Å². The number of alkyl halides is 3. The van der Waals surface area contributed by atoms with E-state index < -0.39 is 11.7 Å². The van der Waals surface area contributed by atoms with E-state index in [0.717, 1.165) is 30.7 Å². The van der Waals surface area contributed by atoms with Gasteiger partial charge in [0, 0.05) is 6.04 Å². The Morgan fingerprint density at radius 3 is 2.19 bits per heavy atom. The van der Waals surface area contributed by atoms with Crippen molar-refractivity contribution in [2.45, 2.75) is 32.5 Å². The summed E-state index contributed by atoms with van der Waals surface area (Å²) >= 11 is 0. The van der Waals surface area contributed by atoms with Gasteiger partial charge in [0.25, 0.3) is 0 Å². The molecule has 0 heterocycles. The summed E-state index contributed by atoms with van der Waals surface area (Å²) in [6, 6.07) is 5.62. The van der Waals surface area contributed by atoms with Crippen LogP contribution in [0, 0.1) is 0 Å². The molecule has 1 unspecified atom stereocenters. The molecule has 1 aromatic carbocycles. The molecule has 0 bridgehead atoms. The summed E-state index contributed by atoms with van der Waals surface area (Å²) in [6.07, 6.45) is -3.50. The fourth-order valence-electron chi connectivity index (χ4n) is 1.60. The highest BCUT2D eigenvalue weighted by Crippen LogP contribution is 2.29. The van der Waals surface area contributed by atoms with Crippen LogP contribution >= 0.6 is 0 Å². The van der Waals surface area contributed by atoms with Gasteiger partial charge >= 0.3 is 6.18 Å². The van der Waals surface area contributed by atoms with Crippen molar-refractivity contribution in [2.24, 2.45) is 0 Å². The quantitative estimate of drug-likeness (QED) is 0.838. The number of hydrogen-bond donors (Lipinski definition) is 1. The van der Waals surface area contributed by atoms with Gasteiger partial charge in [-0.2, -0.15) is 13.2 Å². The molecule has 0 aliphatic carbocycles. The first-order valence-corrected chi connectivity index (χ1v) is 5.33. The third-order valence-corrected chi connectivity index (χ3v) is 2.38. The van der Waals surface area contributed by atoms with Gasteiger partial charge in [-0.05, 0) is 37.6 Å². The van der Waals surface area contributed by atoms with Crippen molar-refractivity contribution in [3.05, 3.63) is 35.4 Å². The molecule has 0 radical (unpaired) electrons. The minimum Gasteiger partial charge on any atom is -0.314 e. The Labute approximate surface area is 93.7 Å². The molecule has 0 saturated heterocycles. The van der Waals surface area contributed by atoms with Crippen molar-refractivity contribution in [3.63, 3.8) is 0 Å². The van der Waals surface area contributed by atoms with Gasteiger partial charge in [0.1, 0.15) is 0 Å². The van der Waals surface area contributed by atoms with Crippen molar-refractivity contribution in [1.29, 1.82) is 0 Å². The lowest BCUT2D eigenvalue weighted by Gasteiger charge is -2.13.